The number of hydrogen-bond acceptors (Lipinski definition) is 3. The maximum Gasteiger partial charge on any atom is 0.265 e. The van der Waals surface area contributed by atoms with Gasteiger partial charge in [0.25, 0.3) is 5.91 Å². The molecule has 21 heavy (non-hydrogen) atoms. The lowest BCUT2D eigenvalue weighted by molar-refractivity contribution is -0.121. The minimum Gasteiger partial charge on any atom is -0.482 e. The topological polar surface area (TPSA) is 55.6 Å². The Hall–Kier alpha value is -2.08. The Morgan fingerprint density at radius 1 is 1.29 bits per heavy atom. The third kappa shape index (κ3) is 2.71. The first kappa shape index (κ1) is 13.9. The molecule has 1 aliphatic rings. The van der Waals surface area contributed by atoms with Crippen molar-refractivity contribution in [2.24, 2.45) is 0 Å². The third-order valence-corrected chi connectivity index (χ3v) is 3.76. The zero-order valence-electron chi connectivity index (χ0n) is 11.0. The molecule has 0 saturated heterocycles. The molecule has 2 aromatic rings. The monoisotopic (exact) mass is 350 g/mol. The standard InChI is InChI=1S/C15H12BrFN2O2/c16-10-1-3-12(17)9(5-10)7-19-13-6-11(18)2-4-14(13)21-8-15(19)20/h1-6H,7-8,18H2. The highest BCUT2D eigenvalue weighted by molar-refractivity contribution is 9.10. The first-order chi connectivity index (χ1) is 10.0. The summed E-state index contributed by atoms with van der Waals surface area (Å²) in [5.74, 6) is -0.0189. The van der Waals surface area contributed by atoms with Crippen molar-refractivity contribution in [1.29, 1.82) is 0 Å². The van der Waals surface area contributed by atoms with E-state index in [1.54, 1.807) is 30.3 Å². The fourth-order valence-corrected chi connectivity index (χ4v) is 2.64. The van der Waals surface area contributed by atoms with Crippen LogP contribution in [0.5, 0.6) is 5.75 Å². The van der Waals surface area contributed by atoms with Crippen LogP contribution in [0.1, 0.15) is 5.56 Å². The number of hydrogen-bond donors (Lipinski definition) is 1. The lowest BCUT2D eigenvalue weighted by Gasteiger charge is -2.29. The highest BCUT2D eigenvalue weighted by Crippen LogP contribution is 2.35. The van der Waals surface area contributed by atoms with Crippen LogP contribution in [0, 0.1) is 5.82 Å². The zero-order valence-corrected chi connectivity index (χ0v) is 12.6. The summed E-state index contributed by atoms with van der Waals surface area (Å²) in [6.45, 7) is 0.0659. The number of halogens is 2. The van der Waals surface area contributed by atoms with Crippen LogP contribution in [0.4, 0.5) is 15.8 Å². The largest absolute Gasteiger partial charge is 0.482 e. The molecule has 2 aromatic carbocycles. The third-order valence-electron chi connectivity index (χ3n) is 3.26. The van der Waals surface area contributed by atoms with Crippen LogP contribution in [-0.4, -0.2) is 12.5 Å². The molecular formula is C15H12BrFN2O2. The van der Waals surface area contributed by atoms with Crippen molar-refractivity contribution in [2.75, 3.05) is 17.2 Å². The number of benzene rings is 2. The summed E-state index contributed by atoms with van der Waals surface area (Å²) >= 11 is 3.30. The summed E-state index contributed by atoms with van der Waals surface area (Å²) in [6, 6.07) is 9.71. The molecule has 6 heteroatoms. The van der Waals surface area contributed by atoms with E-state index in [0.29, 0.717) is 22.7 Å². The van der Waals surface area contributed by atoms with Crippen LogP contribution < -0.4 is 15.4 Å². The molecule has 0 bridgehead atoms. The van der Waals surface area contributed by atoms with Crippen LogP contribution in [-0.2, 0) is 11.3 Å². The molecule has 1 aliphatic heterocycles. The van der Waals surface area contributed by atoms with Crippen molar-refractivity contribution in [3.8, 4) is 5.75 Å². The average molecular weight is 351 g/mol. The summed E-state index contributed by atoms with van der Waals surface area (Å²) in [5, 5.41) is 0. The Kier molecular flexibility index (Phi) is 3.55. The number of ether oxygens (including phenoxy) is 1. The van der Waals surface area contributed by atoms with Crippen LogP contribution in [0.15, 0.2) is 40.9 Å². The van der Waals surface area contributed by atoms with E-state index in [1.807, 2.05) is 0 Å². The number of fused-ring (bicyclic) bond motifs is 1. The van der Waals surface area contributed by atoms with Crippen LogP contribution in [0.3, 0.4) is 0 Å². The van der Waals surface area contributed by atoms with Gasteiger partial charge in [-0.25, -0.2) is 4.39 Å². The second kappa shape index (κ2) is 5.37. The van der Waals surface area contributed by atoms with Crippen molar-refractivity contribution >= 4 is 33.2 Å². The lowest BCUT2D eigenvalue weighted by Crippen LogP contribution is -2.38. The summed E-state index contributed by atoms with van der Waals surface area (Å²) in [6.07, 6.45) is 0. The van der Waals surface area contributed by atoms with Gasteiger partial charge >= 0.3 is 0 Å². The van der Waals surface area contributed by atoms with Gasteiger partial charge in [0.05, 0.1) is 12.2 Å². The van der Waals surface area contributed by atoms with E-state index in [9.17, 15) is 9.18 Å². The molecule has 0 aromatic heterocycles. The maximum absolute atomic E-state index is 13.9. The van der Waals surface area contributed by atoms with Gasteiger partial charge in [0.2, 0.25) is 0 Å². The predicted molar refractivity (Wildman–Crippen MR) is 81.6 cm³/mol. The lowest BCUT2D eigenvalue weighted by atomic mass is 10.1. The Bertz CT molecular complexity index is 721. The SMILES string of the molecule is Nc1ccc2c(c1)N(Cc1cc(Br)ccc1F)C(=O)CO2. The summed E-state index contributed by atoms with van der Waals surface area (Å²) in [5.41, 5.74) is 7.27. The van der Waals surface area contributed by atoms with E-state index < -0.39 is 0 Å². The van der Waals surface area contributed by atoms with E-state index >= 15 is 0 Å². The van der Waals surface area contributed by atoms with E-state index in [2.05, 4.69) is 15.9 Å². The number of nitrogens with two attached hydrogens (primary N) is 1. The minimum atomic E-state index is -0.358. The normalized spacial score (nSPS) is 13.8. The van der Waals surface area contributed by atoms with Crippen LogP contribution in [0.2, 0.25) is 0 Å². The summed E-state index contributed by atoms with van der Waals surface area (Å²) < 4.78 is 20.0. The number of nitrogen functional groups attached to an aromatic ring is 1. The maximum atomic E-state index is 13.9. The summed E-state index contributed by atoms with van der Waals surface area (Å²) in [4.78, 5) is 13.6. The van der Waals surface area contributed by atoms with Gasteiger partial charge in [-0.2, -0.15) is 0 Å². The number of nitrogens with zero attached hydrogens (tertiary/aromatic N) is 1. The molecule has 4 nitrogen and oxygen atoms in total. The number of anilines is 2. The van der Waals surface area contributed by atoms with Crippen molar-refractivity contribution in [2.45, 2.75) is 6.54 Å². The minimum absolute atomic E-state index is 0.0630. The molecule has 0 fully saturated rings. The van der Waals surface area contributed by atoms with Gasteiger partial charge in [-0.3, -0.25) is 4.79 Å². The number of carbonyl (C=O) groups is 1. The van der Waals surface area contributed by atoms with Crippen molar-refractivity contribution in [3.63, 3.8) is 0 Å². The molecule has 1 amide bonds. The van der Waals surface area contributed by atoms with Gasteiger partial charge in [0.15, 0.2) is 6.61 Å². The smallest absolute Gasteiger partial charge is 0.265 e. The Labute approximate surface area is 129 Å². The molecular weight excluding hydrogens is 339 g/mol. The highest BCUT2D eigenvalue weighted by atomic mass is 79.9. The quantitative estimate of drug-likeness (QED) is 0.846. The average Bonchev–Trinajstić information content (AvgIpc) is 2.46. The van der Waals surface area contributed by atoms with Crippen molar-refractivity contribution in [3.05, 3.63) is 52.3 Å². The molecule has 0 saturated carbocycles. The van der Waals surface area contributed by atoms with Crippen molar-refractivity contribution < 1.29 is 13.9 Å². The van der Waals surface area contributed by atoms with Gasteiger partial charge in [-0.05, 0) is 36.4 Å². The predicted octanol–water partition coefficient (Wildman–Crippen LogP) is 3.10. The second-order valence-corrected chi connectivity index (χ2v) is 5.65. The van der Waals surface area contributed by atoms with E-state index in [-0.39, 0.29) is 24.9 Å². The fraction of sp³-hybridized carbons (Fsp3) is 0.133. The first-order valence-electron chi connectivity index (χ1n) is 6.31. The Morgan fingerprint density at radius 3 is 2.90 bits per heavy atom. The van der Waals surface area contributed by atoms with Crippen molar-refractivity contribution in [1.82, 2.24) is 0 Å². The number of amides is 1. The van der Waals surface area contributed by atoms with Gasteiger partial charge in [0.1, 0.15) is 11.6 Å². The van der Waals surface area contributed by atoms with Crippen LogP contribution >= 0.6 is 15.9 Å². The van der Waals surface area contributed by atoms with E-state index in [0.717, 1.165) is 4.47 Å². The Balaban J connectivity index is 2.00. The molecule has 0 unspecified atom stereocenters. The first-order valence-corrected chi connectivity index (χ1v) is 7.10. The molecule has 3 rings (SSSR count). The molecule has 0 aliphatic carbocycles. The second-order valence-electron chi connectivity index (χ2n) is 4.73. The zero-order chi connectivity index (χ0) is 15.0. The molecule has 2 N–H and O–H groups in total. The van der Waals surface area contributed by atoms with Gasteiger partial charge in [0, 0.05) is 15.7 Å². The van der Waals surface area contributed by atoms with Crippen LogP contribution in [0.25, 0.3) is 0 Å². The Morgan fingerprint density at radius 2 is 2.10 bits per heavy atom. The van der Waals surface area contributed by atoms with E-state index in [4.69, 9.17) is 10.5 Å². The van der Waals surface area contributed by atoms with Gasteiger partial charge in [-0.15, -0.1) is 0 Å². The fourth-order valence-electron chi connectivity index (χ4n) is 2.23. The molecule has 108 valence electrons. The number of carbonyl (C=O) groups excluding carboxylic acids is 1. The number of rotatable bonds is 2. The van der Waals surface area contributed by atoms with E-state index in [1.165, 1.54) is 11.0 Å². The molecule has 0 spiro atoms. The van der Waals surface area contributed by atoms with Gasteiger partial charge < -0.3 is 15.4 Å². The van der Waals surface area contributed by atoms with Gasteiger partial charge in [-0.1, -0.05) is 15.9 Å². The highest BCUT2D eigenvalue weighted by Gasteiger charge is 2.26. The molecule has 1 heterocycles. The molecule has 0 radical (unpaired) electrons. The summed E-state index contributed by atoms with van der Waals surface area (Å²) in [7, 11) is 0. The molecule has 0 atom stereocenters.